The van der Waals surface area contributed by atoms with Gasteiger partial charge in [-0.1, -0.05) is 48.5 Å². The van der Waals surface area contributed by atoms with E-state index >= 15 is 0 Å². The van der Waals surface area contributed by atoms with Gasteiger partial charge >= 0.3 is 0 Å². The average molecular weight is 372 g/mol. The SMILES string of the molecule is O=C(NO)c1ccc(CN2C(=O)c3ccccc3CCc3ccccc32)cc1. The van der Waals surface area contributed by atoms with E-state index in [4.69, 9.17) is 5.21 Å². The summed E-state index contributed by atoms with van der Waals surface area (Å²) >= 11 is 0. The van der Waals surface area contributed by atoms with Gasteiger partial charge in [-0.3, -0.25) is 14.8 Å². The molecule has 0 atom stereocenters. The Balaban J connectivity index is 1.72. The molecule has 0 saturated carbocycles. The van der Waals surface area contributed by atoms with Crippen molar-refractivity contribution in [2.75, 3.05) is 4.90 Å². The first-order valence-electron chi connectivity index (χ1n) is 9.18. The Morgan fingerprint density at radius 2 is 1.54 bits per heavy atom. The Bertz CT molecular complexity index is 1030. The van der Waals surface area contributed by atoms with Crippen LogP contribution in [0.5, 0.6) is 0 Å². The topological polar surface area (TPSA) is 69.6 Å². The first kappa shape index (κ1) is 17.9. The molecule has 4 rings (SSSR count). The first-order chi connectivity index (χ1) is 13.7. The van der Waals surface area contributed by atoms with Gasteiger partial charge < -0.3 is 4.90 Å². The summed E-state index contributed by atoms with van der Waals surface area (Å²) in [7, 11) is 0. The molecule has 0 bridgehead atoms. The van der Waals surface area contributed by atoms with E-state index in [0.717, 1.165) is 40.8 Å². The fourth-order valence-corrected chi connectivity index (χ4v) is 3.62. The molecule has 3 aromatic carbocycles. The Hall–Kier alpha value is -3.44. The average Bonchev–Trinajstić information content (AvgIpc) is 2.75. The third-order valence-corrected chi connectivity index (χ3v) is 5.10. The quantitative estimate of drug-likeness (QED) is 0.543. The molecule has 0 aromatic heterocycles. The van der Waals surface area contributed by atoms with Gasteiger partial charge in [0.1, 0.15) is 0 Å². The lowest BCUT2D eigenvalue weighted by molar-refractivity contribution is 0.0706. The number of hydroxylamine groups is 1. The number of anilines is 1. The van der Waals surface area contributed by atoms with Gasteiger partial charge in [0.05, 0.1) is 6.54 Å². The van der Waals surface area contributed by atoms with Crippen molar-refractivity contribution in [3.8, 4) is 0 Å². The maximum absolute atomic E-state index is 13.4. The van der Waals surface area contributed by atoms with Crippen molar-refractivity contribution in [1.29, 1.82) is 0 Å². The summed E-state index contributed by atoms with van der Waals surface area (Å²) < 4.78 is 0. The normalized spacial score (nSPS) is 13.2. The van der Waals surface area contributed by atoms with Gasteiger partial charge in [0, 0.05) is 16.8 Å². The molecule has 140 valence electrons. The number of rotatable bonds is 3. The van der Waals surface area contributed by atoms with Crippen molar-refractivity contribution in [1.82, 2.24) is 5.48 Å². The molecule has 0 radical (unpaired) electrons. The number of benzene rings is 3. The van der Waals surface area contributed by atoms with E-state index in [1.165, 1.54) is 0 Å². The molecule has 1 aliphatic rings. The fraction of sp³-hybridized carbons (Fsp3) is 0.130. The van der Waals surface area contributed by atoms with Crippen molar-refractivity contribution < 1.29 is 14.8 Å². The maximum atomic E-state index is 13.4. The predicted molar refractivity (Wildman–Crippen MR) is 107 cm³/mol. The monoisotopic (exact) mass is 372 g/mol. The summed E-state index contributed by atoms with van der Waals surface area (Å²) in [4.78, 5) is 26.7. The van der Waals surface area contributed by atoms with E-state index in [2.05, 4.69) is 6.07 Å². The largest absolute Gasteiger partial charge is 0.304 e. The third-order valence-electron chi connectivity index (χ3n) is 5.10. The van der Waals surface area contributed by atoms with Gasteiger partial charge in [0.2, 0.25) is 0 Å². The third kappa shape index (κ3) is 3.40. The van der Waals surface area contributed by atoms with Crippen LogP contribution in [0.25, 0.3) is 0 Å². The smallest absolute Gasteiger partial charge is 0.274 e. The van der Waals surface area contributed by atoms with Crippen LogP contribution in [0.1, 0.15) is 37.4 Å². The van der Waals surface area contributed by atoms with E-state index in [1.54, 1.807) is 34.6 Å². The zero-order valence-electron chi connectivity index (χ0n) is 15.3. The summed E-state index contributed by atoms with van der Waals surface area (Å²) in [5.74, 6) is -0.590. The highest BCUT2D eigenvalue weighted by Crippen LogP contribution is 2.29. The lowest BCUT2D eigenvalue weighted by Gasteiger charge is -2.28. The Kier molecular flexibility index (Phi) is 4.91. The van der Waals surface area contributed by atoms with E-state index in [9.17, 15) is 9.59 Å². The Labute approximate surface area is 163 Å². The molecule has 28 heavy (non-hydrogen) atoms. The second-order valence-corrected chi connectivity index (χ2v) is 6.82. The molecule has 0 unspecified atom stereocenters. The molecule has 3 aromatic rings. The van der Waals surface area contributed by atoms with Crippen molar-refractivity contribution in [2.45, 2.75) is 19.4 Å². The molecule has 2 amide bonds. The molecule has 0 spiro atoms. The minimum atomic E-state index is -0.562. The standard InChI is InChI=1S/C23H20N2O3/c26-22(24-28)19-11-9-16(10-12-19)15-25-21-8-4-2-6-18(21)14-13-17-5-1-3-7-20(17)23(25)27/h1-12,28H,13-15H2,(H,24,26). The number of nitrogens with one attached hydrogen (secondary N) is 1. The van der Waals surface area contributed by atoms with E-state index in [-0.39, 0.29) is 5.91 Å². The summed E-state index contributed by atoms with van der Waals surface area (Å²) in [5.41, 5.74) is 6.72. The molecular formula is C23H20N2O3. The van der Waals surface area contributed by atoms with Crippen molar-refractivity contribution in [3.63, 3.8) is 0 Å². The predicted octanol–water partition coefficient (Wildman–Crippen LogP) is 3.75. The maximum Gasteiger partial charge on any atom is 0.274 e. The minimum absolute atomic E-state index is 0.0278. The van der Waals surface area contributed by atoms with Crippen LogP contribution in [0.3, 0.4) is 0 Å². The Morgan fingerprint density at radius 3 is 2.29 bits per heavy atom. The minimum Gasteiger partial charge on any atom is -0.304 e. The van der Waals surface area contributed by atoms with Gasteiger partial charge in [-0.15, -0.1) is 0 Å². The van der Waals surface area contributed by atoms with Crippen LogP contribution in [-0.4, -0.2) is 17.0 Å². The first-order valence-corrected chi connectivity index (χ1v) is 9.18. The van der Waals surface area contributed by atoms with Crippen LogP contribution in [-0.2, 0) is 19.4 Å². The zero-order chi connectivity index (χ0) is 19.5. The number of amides is 2. The van der Waals surface area contributed by atoms with Crippen LogP contribution in [0.4, 0.5) is 5.69 Å². The lowest BCUT2D eigenvalue weighted by Crippen LogP contribution is -2.33. The van der Waals surface area contributed by atoms with Gasteiger partial charge in [-0.2, -0.15) is 0 Å². The number of carbonyl (C=O) groups is 2. The van der Waals surface area contributed by atoms with Crippen molar-refractivity contribution in [3.05, 3.63) is 101 Å². The highest BCUT2D eigenvalue weighted by molar-refractivity contribution is 6.07. The Morgan fingerprint density at radius 1 is 0.893 bits per heavy atom. The summed E-state index contributed by atoms with van der Waals surface area (Å²) in [5, 5.41) is 8.76. The van der Waals surface area contributed by atoms with Gasteiger partial charge in [0.25, 0.3) is 11.8 Å². The molecule has 1 heterocycles. The fourth-order valence-electron chi connectivity index (χ4n) is 3.62. The van der Waals surface area contributed by atoms with Crippen LogP contribution in [0, 0.1) is 0 Å². The van der Waals surface area contributed by atoms with Crippen LogP contribution in [0.15, 0.2) is 72.8 Å². The summed E-state index contributed by atoms with van der Waals surface area (Å²) in [6.45, 7) is 0.394. The highest BCUT2D eigenvalue weighted by atomic mass is 16.5. The molecule has 2 N–H and O–H groups in total. The van der Waals surface area contributed by atoms with Crippen molar-refractivity contribution >= 4 is 17.5 Å². The molecule has 1 aliphatic heterocycles. The number of hydrogen-bond acceptors (Lipinski definition) is 3. The van der Waals surface area contributed by atoms with E-state index in [1.807, 2.05) is 42.5 Å². The second kappa shape index (κ2) is 7.66. The molecule has 0 fully saturated rings. The van der Waals surface area contributed by atoms with E-state index < -0.39 is 5.91 Å². The molecular weight excluding hydrogens is 352 g/mol. The number of aryl methyl sites for hydroxylation is 2. The highest BCUT2D eigenvalue weighted by Gasteiger charge is 2.25. The van der Waals surface area contributed by atoms with Crippen LogP contribution < -0.4 is 10.4 Å². The number of hydrogen-bond donors (Lipinski definition) is 2. The summed E-state index contributed by atoms with van der Waals surface area (Å²) in [6, 6.07) is 22.6. The van der Waals surface area contributed by atoms with Crippen molar-refractivity contribution in [2.24, 2.45) is 0 Å². The van der Waals surface area contributed by atoms with Crippen LogP contribution >= 0.6 is 0 Å². The number of nitrogens with zero attached hydrogens (tertiary/aromatic N) is 1. The number of carbonyl (C=O) groups excluding carboxylic acids is 2. The van der Waals surface area contributed by atoms with Crippen LogP contribution in [0.2, 0.25) is 0 Å². The molecule has 0 aliphatic carbocycles. The lowest BCUT2D eigenvalue weighted by atomic mass is 9.94. The zero-order valence-corrected chi connectivity index (χ0v) is 15.3. The second-order valence-electron chi connectivity index (χ2n) is 6.82. The van der Waals surface area contributed by atoms with Gasteiger partial charge in [0.15, 0.2) is 0 Å². The van der Waals surface area contributed by atoms with E-state index in [0.29, 0.717) is 12.1 Å². The number of para-hydroxylation sites is 1. The number of fused-ring (bicyclic) bond motifs is 2. The molecule has 0 saturated heterocycles. The molecule has 5 nitrogen and oxygen atoms in total. The molecule has 5 heteroatoms. The van der Waals surface area contributed by atoms with Gasteiger partial charge in [-0.25, -0.2) is 5.48 Å². The van der Waals surface area contributed by atoms with Gasteiger partial charge in [-0.05, 0) is 53.8 Å². The summed E-state index contributed by atoms with van der Waals surface area (Å²) in [6.07, 6.45) is 1.70.